The first-order valence-electron chi connectivity index (χ1n) is 7.86. The summed E-state index contributed by atoms with van der Waals surface area (Å²) in [6.45, 7) is 1.41. The molecule has 4 nitrogen and oxygen atoms in total. The van der Waals surface area contributed by atoms with Gasteiger partial charge < -0.3 is 19.8 Å². The van der Waals surface area contributed by atoms with E-state index in [1.807, 2.05) is 18.2 Å². The van der Waals surface area contributed by atoms with E-state index in [1.165, 1.54) is 5.56 Å². The fourth-order valence-electron chi connectivity index (χ4n) is 2.81. The van der Waals surface area contributed by atoms with E-state index in [0.717, 1.165) is 29.6 Å². The van der Waals surface area contributed by atoms with Gasteiger partial charge in [0, 0.05) is 23.1 Å². The first-order chi connectivity index (χ1) is 10.9. The van der Waals surface area contributed by atoms with Gasteiger partial charge in [-0.05, 0) is 17.7 Å². The van der Waals surface area contributed by atoms with Crippen molar-refractivity contribution in [3.05, 3.63) is 64.7 Å². The highest BCUT2D eigenvalue weighted by atomic mass is 16.3. The maximum Gasteiger partial charge on any atom is 0.126 e. The summed E-state index contributed by atoms with van der Waals surface area (Å²) in [6.07, 6.45) is 0.820. The number of hydrogen-bond donors (Lipinski definition) is 3. The summed E-state index contributed by atoms with van der Waals surface area (Å²) in [7, 11) is 4.38. The molecule has 0 saturated carbocycles. The highest BCUT2D eigenvalue weighted by Crippen LogP contribution is 2.25. The predicted octanol–water partition coefficient (Wildman–Crippen LogP) is 2.20. The molecule has 0 aromatic heterocycles. The summed E-state index contributed by atoms with van der Waals surface area (Å²) in [4.78, 5) is 0. The lowest BCUT2D eigenvalue weighted by Crippen LogP contribution is -2.40. The van der Waals surface area contributed by atoms with E-state index in [2.05, 4.69) is 38.4 Å². The molecule has 0 amide bonds. The minimum atomic E-state index is -0.227. The molecular formula is C19H26NO3+. The fourth-order valence-corrected chi connectivity index (χ4v) is 2.81. The Balaban J connectivity index is 2.07. The number of phenols is 1. The molecule has 0 spiro atoms. The van der Waals surface area contributed by atoms with Crippen molar-refractivity contribution in [1.29, 1.82) is 0 Å². The monoisotopic (exact) mass is 316 g/mol. The second-order valence-corrected chi connectivity index (χ2v) is 6.63. The first kappa shape index (κ1) is 17.5. The van der Waals surface area contributed by atoms with Crippen molar-refractivity contribution in [3.8, 4) is 5.75 Å². The molecule has 0 unspecified atom stereocenters. The van der Waals surface area contributed by atoms with Crippen LogP contribution in [0.4, 0.5) is 0 Å². The van der Waals surface area contributed by atoms with E-state index in [1.54, 1.807) is 0 Å². The van der Waals surface area contributed by atoms with Crippen LogP contribution < -0.4 is 0 Å². The van der Waals surface area contributed by atoms with E-state index in [0.29, 0.717) is 11.1 Å². The van der Waals surface area contributed by atoms with Crippen LogP contribution in [0.15, 0.2) is 42.5 Å². The Kier molecular flexibility index (Phi) is 5.77. The molecular weight excluding hydrogens is 290 g/mol. The molecule has 0 fully saturated rings. The topological polar surface area (TPSA) is 60.7 Å². The highest BCUT2D eigenvalue weighted by molar-refractivity contribution is 5.43. The molecule has 3 N–H and O–H groups in total. The summed E-state index contributed by atoms with van der Waals surface area (Å²) in [6, 6.07) is 14.0. The molecule has 0 heterocycles. The van der Waals surface area contributed by atoms with Gasteiger partial charge in [-0.3, -0.25) is 0 Å². The Bertz CT molecular complexity index is 613. The number of aromatic hydroxyl groups is 1. The third-order valence-electron chi connectivity index (χ3n) is 4.13. The zero-order valence-corrected chi connectivity index (χ0v) is 13.9. The second-order valence-electron chi connectivity index (χ2n) is 6.63. The lowest BCUT2D eigenvalue weighted by atomic mass is 10.0. The van der Waals surface area contributed by atoms with Crippen LogP contribution in [0.1, 0.15) is 22.3 Å². The van der Waals surface area contributed by atoms with Crippen LogP contribution in [0.3, 0.4) is 0 Å². The van der Waals surface area contributed by atoms with E-state index in [-0.39, 0.29) is 19.0 Å². The summed E-state index contributed by atoms with van der Waals surface area (Å²) >= 11 is 0. The number of aliphatic hydroxyl groups is 2. The Morgan fingerprint density at radius 2 is 1.43 bits per heavy atom. The van der Waals surface area contributed by atoms with Crippen molar-refractivity contribution in [2.24, 2.45) is 0 Å². The van der Waals surface area contributed by atoms with Crippen LogP contribution in [-0.4, -0.2) is 40.4 Å². The first-order valence-corrected chi connectivity index (χ1v) is 7.86. The minimum absolute atomic E-state index is 0.00298. The molecule has 0 bridgehead atoms. The molecule has 2 aromatic carbocycles. The summed E-state index contributed by atoms with van der Waals surface area (Å²) in [5.74, 6) is -0.00298. The maximum absolute atomic E-state index is 9.91. The van der Waals surface area contributed by atoms with Crippen LogP contribution in [-0.2, 0) is 26.2 Å². The molecule has 0 radical (unpaired) electrons. The largest absolute Gasteiger partial charge is 0.507 e. The number of aliphatic hydroxyl groups excluding tert-OH is 2. The SMILES string of the molecule is C[N+](C)(CCc1cc(CO)c(O)c(CO)c1)Cc1ccccc1. The van der Waals surface area contributed by atoms with Gasteiger partial charge in [0.15, 0.2) is 0 Å². The van der Waals surface area contributed by atoms with Gasteiger partial charge in [-0.2, -0.15) is 0 Å². The van der Waals surface area contributed by atoms with E-state index >= 15 is 0 Å². The minimum Gasteiger partial charge on any atom is -0.507 e. The van der Waals surface area contributed by atoms with Crippen LogP contribution in [0.25, 0.3) is 0 Å². The van der Waals surface area contributed by atoms with Crippen molar-refractivity contribution in [2.75, 3.05) is 20.6 Å². The lowest BCUT2D eigenvalue weighted by Gasteiger charge is -2.30. The van der Waals surface area contributed by atoms with Crippen LogP contribution >= 0.6 is 0 Å². The number of rotatable bonds is 7. The number of likely N-dealkylation sites (N-methyl/N-ethyl adjacent to an activating group) is 1. The van der Waals surface area contributed by atoms with Crippen LogP contribution in [0.5, 0.6) is 5.75 Å². The summed E-state index contributed by atoms with van der Waals surface area (Å²) < 4.78 is 0.841. The van der Waals surface area contributed by atoms with Crippen molar-refractivity contribution in [1.82, 2.24) is 0 Å². The predicted molar refractivity (Wildman–Crippen MR) is 90.8 cm³/mol. The van der Waals surface area contributed by atoms with Crippen molar-refractivity contribution >= 4 is 0 Å². The van der Waals surface area contributed by atoms with Gasteiger partial charge in [-0.15, -0.1) is 0 Å². The van der Waals surface area contributed by atoms with Crippen LogP contribution in [0.2, 0.25) is 0 Å². The summed E-state index contributed by atoms with van der Waals surface area (Å²) in [5, 5.41) is 28.6. The molecule has 0 saturated heterocycles. The zero-order chi connectivity index (χ0) is 16.9. The Morgan fingerprint density at radius 3 is 1.96 bits per heavy atom. The lowest BCUT2D eigenvalue weighted by molar-refractivity contribution is -0.903. The third-order valence-corrected chi connectivity index (χ3v) is 4.13. The molecule has 0 aliphatic carbocycles. The quantitative estimate of drug-likeness (QED) is 0.686. The van der Waals surface area contributed by atoms with E-state index in [9.17, 15) is 15.3 Å². The van der Waals surface area contributed by atoms with Gasteiger partial charge in [-0.1, -0.05) is 30.3 Å². The zero-order valence-electron chi connectivity index (χ0n) is 13.9. The summed E-state index contributed by atoms with van der Waals surface area (Å²) in [5.41, 5.74) is 3.27. The van der Waals surface area contributed by atoms with Gasteiger partial charge in [0.05, 0.1) is 33.9 Å². The molecule has 0 aliphatic rings. The number of benzene rings is 2. The number of hydrogen-bond acceptors (Lipinski definition) is 3. The standard InChI is InChI=1S/C19H25NO3/c1-20(2,12-15-6-4-3-5-7-15)9-8-16-10-17(13-21)19(23)18(11-16)14-22/h3-7,10-11,21-22H,8-9,12-14H2,1-2H3/p+1. The van der Waals surface area contributed by atoms with Crippen LogP contribution in [0, 0.1) is 0 Å². The Morgan fingerprint density at radius 1 is 0.870 bits per heavy atom. The van der Waals surface area contributed by atoms with Gasteiger partial charge in [0.1, 0.15) is 12.3 Å². The highest BCUT2D eigenvalue weighted by Gasteiger charge is 2.17. The number of nitrogens with zero attached hydrogens (tertiary/aromatic N) is 1. The molecule has 2 rings (SSSR count). The smallest absolute Gasteiger partial charge is 0.126 e. The Hall–Kier alpha value is -1.88. The Labute approximate surface area is 137 Å². The van der Waals surface area contributed by atoms with Gasteiger partial charge >= 0.3 is 0 Å². The molecule has 2 aromatic rings. The molecule has 23 heavy (non-hydrogen) atoms. The maximum atomic E-state index is 9.91. The number of quaternary nitrogens is 1. The second kappa shape index (κ2) is 7.59. The molecule has 4 heteroatoms. The van der Waals surface area contributed by atoms with Crippen molar-refractivity contribution < 1.29 is 19.8 Å². The third kappa shape index (κ3) is 4.79. The van der Waals surface area contributed by atoms with Gasteiger partial charge in [0.25, 0.3) is 0 Å². The molecule has 124 valence electrons. The van der Waals surface area contributed by atoms with Gasteiger partial charge in [-0.25, -0.2) is 0 Å². The normalized spacial score (nSPS) is 11.7. The molecule has 0 aliphatic heterocycles. The average Bonchev–Trinajstić information content (AvgIpc) is 2.54. The van der Waals surface area contributed by atoms with E-state index in [4.69, 9.17) is 0 Å². The fraction of sp³-hybridized carbons (Fsp3) is 0.368. The van der Waals surface area contributed by atoms with Crippen molar-refractivity contribution in [2.45, 2.75) is 26.2 Å². The van der Waals surface area contributed by atoms with E-state index < -0.39 is 0 Å². The van der Waals surface area contributed by atoms with Crippen molar-refractivity contribution in [3.63, 3.8) is 0 Å². The average molecular weight is 316 g/mol. The van der Waals surface area contributed by atoms with Gasteiger partial charge in [0.2, 0.25) is 0 Å². The molecule has 0 atom stereocenters.